The molecule has 160 valence electrons. The van der Waals surface area contributed by atoms with Crippen molar-refractivity contribution in [3.63, 3.8) is 0 Å². The van der Waals surface area contributed by atoms with Gasteiger partial charge in [-0.15, -0.1) is 0 Å². The summed E-state index contributed by atoms with van der Waals surface area (Å²) in [7, 11) is 2.44. The van der Waals surface area contributed by atoms with E-state index in [1.165, 1.54) is 0 Å². The molecule has 0 aliphatic carbocycles. The summed E-state index contributed by atoms with van der Waals surface area (Å²) in [6, 6.07) is 8.72. The van der Waals surface area contributed by atoms with Crippen LogP contribution in [0, 0.1) is 0 Å². The van der Waals surface area contributed by atoms with E-state index < -0.39 is 8.80 Å². The van der Waals surface area contributed by atoms with Crippen LogP contribution in [0.15, 0.2) is 46.6 Å². The maximum absolute atomic E-state index is 5.52. The van der Waals surface area contributed by atoms with Gasteiger partial charge in [-0.3, -0.25) is 14.9 Å². The highest BCUT2D eigenvalue weighted by Gasteiger charge is 2.36. The Morgan fingerprint density at radius 1 is 0.862 bits per heavy atom. The lowest BCUT2D eigenvalue weighted by Crippen LogP contribution is -2.43. The molecule has 0 aromatic carbocycles. The van der Waals surface area contributed by atoms with Crippen molar-refractivity contribution in [3.05, 3.63) is 48.0 Å². The average Bonchev–Trinajstić information content (AvgIpc) is 3.45. The number of aromatic amines is 2. The van der Waals surface area contributed by atoms with Gasteiger partial charge in [-0.1, -0.05) is 0 Å². The Kier molecular flexibility index (Phi) is 10.6. The standard InChI is InChI=1S/C20H33N5O3Si/c1-26-29(27-2,28-3)16-6-13-25(14-11-21-17-19-7-4-9-23-19)15-12-22-18-20-8-5-10-24-20/h4-5,7-10,17-18,23-24H,6,11-16H2,1-3H3. The van der Waals surface area contributed by atoms with Gasteiger partial charge in [0.2, 0.25) is 0 Å². The summed E-state index contributed by atoms with van der Waals surface area (Å²) in [5.41, 5.74) is 2.03. The van der Waals surface area contributed by atoms with Crippen molar-refractivity contribution in [1.82, 2.24) is 14.9 Å². The maximum Gasteiger partial charge on any atom is 0.500 e. The number of aliphatic imine (C=N–C) groups is 2. The Hall–Kier alpha value is -2.04. The minimum Gasteiger partial charge on any atom is -0.377 e. The lowest BCUT2D eigenvalue weighted by Gasteiger charge is -2.26. The molecule has 2 N–H and O–H groups in total. The molecule has 0 spiro atoms. The topological polar surface area (TPSA) is 87.2 Å². The lowest BCUT2D eigenvalue weighted by atomic mass is 10.3. The van der Waals surface area contributed by atoms with E-state index in [4.69, 9.17) is 13.3 Å². The van der Waals surface area contributed by atoms with Gasteiger partial charge in [0.15, 0.2) is 0 Å². The molecule has 0 aliphatic rings. The quantitative estimate of drug-likeness (QED) is 0.343. The first-order valence-electron chi connectivity index (χ1n) is 9.85. The molecular weight excluding hydrogens is 386 g/mol. The van der Waals surface area contributed by atoms with Gasteiger partial charge in [0.25, 0.3) is 0 Å². The van der Waals surface area contributed by atoms with E-state index in [1.807, 2.05) is 49.1 Å². The highest BCUT2D eigenvalue weighted by molar-refractivity contribution is 6.60. The van der Waals surface area contributed by atoms with Gasteiger partial charge in [0, 0.05) is 65.3 Å². The van der Waals surface area contributed by atoms with Crippen molar-refractivity contribution in [2.75, 3.05) is 54.1 Å². The number of nitrogens with zero attached hydrogens (tertiary/aromatic N) is 3. The Labute approximate surface area is 174 Å². The smallest absolute Gasteiger partial charge is 0.377 e. The van der Waals surface area contributed by atoms with Crippen LogP contribution in [0.1, 0.15) is 17.8 Å². The summed E-state index contributed by atoms with van der Waals surface area (Å²) in [6.45, 7) is 4.13. The number of nitrogens with one attached hydrogen (secondary N) is 2. The number of hydrogen-bond donors (Lipinski definition) is 2. The van der Waals surface area contributed by atoms with Crippen LogP contribution in [0.5, 0.6) is 0 Å². The Morgan fingerprint density at radius 2 is 1.38 bits per heavy atom. The molecule has 0 saturated carbocycles. The van der Waals surface area contributed by atoms with E-state index in [1.54, 1.807) is 21.3 Å². The third kappa shape index (κ3) is 8.46. The summed E-state index contributed by atoms with van der Waals surface area (Å²) in [6.07, 6.45) is 8.48. The second-order valence-electron chi connectivity index (χ2n) is 6.56. The van der Waals surface area contributed by atoms with E-state index in [2.05, 4.69) is 24.9 Å². The van der Waals surface area contributed by atoms with Gasteiger partial charge in [-0.2, -0.15) is 0 Å². The molecular formula is C20H33N5O3Si. The maximum atomic E-state index is 5.52. The number of aromatic nitrogens is 2. The second kappa shape index (κ2) is 13.2. The molecule has 0 radical (unpaired) electrons. The highest BCUT2D eigenvalue weighted by Crippen LogP contribution is 2.15. The van der Waals surface area contributed by atoms with Crippen LogP contribution in [0.2, 0.25) is 6.04 Å². The molecule has 29 heavy (non-hydrogen) atoms. The third-order valence-corrected chi connectivity index (χ3v) is 7.52. The Bertz CT molecular complexity index is 643. The van der Waals surface area contributed by atoms with Gasteiger partial charge in [-0.25, -0.2) is 0 Å². The van der Waals surface area contributed by atoms with Gasteiger partial charge in [-0.05, 0) is 37.2 Å². The lowest BCUT2D eigenvalue weighted by molar-refractivity contribution is 0.121. The van der Waals surface area contributed by atoms with Gasteiger partial charge in [0.05, 0.1) is 24.5 Å². The minimum atomic E-state index is -2.53. The fourth-order valence-electron chi connectivity index (χ4n) is 2.98. The van der Waals surface area contributed by atoms with Crippen LogP contribution in [0.3, 0.4) is 0 Å². The number of H-pyrrole nitrogens is 2. The molecule has 9 heteroatoms. The molecule has 0 unspecified atom stereocenters. The fourth-order valence-corrected chi connectivity index (χ4v) is 4.69. The zero-order valence-corrected chi connectivity index (χ0v) is 18.6. The van der Waals surface area contributed by atoms with Crippen LogP contribution >= 0.6 is 0 Å². The largest absolute Gasteiger partial charge is 0.500 e. The average molecular weight is 420 g/mol. The van der Waals surface area contributed by atoms with Crippen LogP contribution in [0.25, 0.3) is 0 Å². The normalized spacial score (nSPS) is 12.7. The molecule has 0 saturated heterocycles. The molecule has 0 bridgehead atoms. The molecule has 0 aliphatic heterocycles. The van der Waals surface area contributed by atoms with Crippen LogP contribution < -0.4 is 0 Å². The minimum absolute atomic E-state index is 0.737. The van der Waals surface area contributed by atoms with Crippen LogP contribution in [-0.4, -0.2) is 90.2 Å². The number of hydrogen-bond acceptors (Lipinski definition) is 6. The van der Waals surface area contributed by atoms with E-state index >= 15 is 0 Å². The molecule has 8 nitrogen and oxygen atoms in total. The fraction of sp³-hybridized carbons (Fsp3) is 0.500. The van der Waals surface area contributed by atoms with E-state index in [0.717, 1.165) is 56.6 Å². The van der Waals surface area contributed by atoms with Crippen molar-refractivity contribution >= 4 is 21.2 Å². The predicted molar refractivity (Wildman–Crippen MR) is 119 cm³/mol. The van der Waals surface area contributed by atoms with Crippen LogP contribution in [-0.2, 0) is 13.3 Å². The molecule has 2 heterocycles. The molecule has 0 atom stereocenters. The number of rotatable bonds is 15. The van der Waals surface area contributed by atoms with Gasteiger partial charge < -0.3 is 23.2 Å². The van der Waals surface area contributed by atoms with E-state index in [0.29, 0.717) is 0 Å². The van der Waals surface area contributed by atoms with E-state index in [9.17, 15) is 0 Å². The van der Waals surface area contributed by atoms with Crippen molar-refractivity contribution in [2.24, 2.45) is 9.98 Å². The van der Waals surface area contributed by atoms with Gasteiger partial charge >= 0.3 is 8.80 Å². The second-order valence-corrected chi connectivity index (χ2v) is 9.65. The van der Waals surface area contributed by atoms with E-state index in [-0.39, 0.29) is 0 Å². The SMILES string of the molecule is CO[Si](CCCN(CCN=Cc1ccc[nH]1)CCN=Cc1ccc[nH]1)(OC)OC. The van der Waals surface area contributed by atoms with Crippen molar-refractivity contribution in [3.8, 4) is 0 Å². The summed E-state index contributed by atoms with van der Waals surface area (Å²) in [5, 5.41) is 0. The molecule has 0 amide bonds. The first-order valence-corrected chi connectivity index (χ1v) is 11.8. The molecule has 0 fully saturated rings. The highest BCUT2D eigenvalue weighted by atomic mass is 28.4. The summed E-state index contributed by atoms with van der Waals surface area (Å²) < 4.78 is 16.6. The zero-order chi connectivity index (χ0) is 20.8. The summed E-state index contributed by atoms with van der Waals surface area (Å²) in [4.78, 5) is 17.7. The van der Waals surface area contributed by atoms with Crippen molar-refractivity contribution in [2.45, 2.75) is 12.5 Å². The van der Waals surface area contributed by atoms with Crippen molar-refractivity contribution < 1.29 is 13.3 Å². The monoisotopic (exact) mass is 419 g/mol. The molecule has 2 aromatic rings. The first kappa shape index (κ1) is 23.2. The molecule has 2 aromatic heterocycles. The Balaban J connectivity index is 1.81. The van der Waals surface area contributed by atoms with Gasteiger partial charge in [0.1, 0.15) is 0 Å². The summed E-state index contributed by atoms with van der Waals surface area (Å²) in [5.74, 6) is 0. The Morgan fingerprint density at radius 3 is 1.79 bits per heavy atom. The zero-order valence-electron chi connectivity index (χ0n) is 17.6. The third-order valence-electron chi connectivity index (χ3n) is 4.69. The first-order chi connectivity index (χ1) is 14.2. The molecule has 2 rings (SSSR count). The van der Waals surface area contributed by atoms with Crippen LogP contribution in [0.4, 0.5) is 0 Å². The summed E-state index contributed by atoms with van der Waals surface area (Å²) >= 11 is 0. The van der Waals surface area contributed by atoms with Crippen molar-refractivity contribution in [1.29, 1.82) is 0 Å². The predicted octanol–water partition coefficient (Wildman–Crippen LogP) is 2.45.